The van der Waals surface area contributed by atoms with Crippen molar-refractivity contribution in [2.45, 2.75) is 13.1 Å². The van der Waals surface area contributed by atoms with Crippen molar-refractivity contribution in [2.24, 2.45) is 0 Å². The predicted octanol–water partition coefficient (Wildman–Crippen LogP) is 4.63. The van der Waals surface area contributed by atoms with Crippen LogP contribution in [0.5, 0.6) is 0 Å². The molecule has 0 saturated carbocycles. The van der Waals surface area contributed by atoms with E-state index in [2.05, 4.69) is 4.90 Å². The molecule has 3 nitrogen and oxygen atoms in total. The summed E-state index contributed by atoms with van der Waals surface area (Å²) >= 11 is 6.17. The van der Waals surface area contributed by atoms with Crippen molar-refractivity contribution in [2.75, 3.05) is 31.1 Å². The van der Waals surface area contributed by atoms with Gasteiger partial charge in [0.15, 0.2) is 0 Å². The molecule has 138 valence electrons. The summed E-state index contributed by atoms with van der Waals surface area (Å²) in [6.45, 7) is 4.24. The third-order valence-corrected chi connectivity index (χ3v) is 4.95. The van der Waals surface area contributed by atoms with Crippen molar-refractivity contribution < 1.29 is 18.0 Å². The highest BCUT2D eigenvalue weighted by Crippen LogP contribution is 2.29. The van der Waals surface area contributed by atoms with Gasteiger partial charge in [0.1, 0.15) is 0 Å². The quantitative estimate of drug-likeness (QED) is 0.756. The maximum atomic E-state index is 12.6. The Morgan fingerprint density at radius 1 is 1.00 bits per heavy atom. The number of carbonyl (C=O) groups excluding carboxylic acids is 1. The minimum absolute atomic E-state index is 0.250. The predicted molar refractivity (Wildman–Crippen MR) is 95.7 cm³/mol. The van der Waals surface area contributed by atoms with Crippen molar-refractivity contribution in [3.63, 3.8) is 0 Å². The Balaban J connectivity index is 1.64. The van der Waals surface area contributed by atoms with Gasteiger partial charge in [0.25, 0.3) is 5.91 Å². The average molecular weight is 383 g/mol. The lowest BCUT2D eigenvalue weighted by molar-refractivity contribution is -0.137. The van der Waals surface area contributed by atoms with Crippen LogP contribution in [-0.2, 0) is 6.18 Å². The Morgan fingerprint density at radius 2 is 1.62 bits per heavy atom. The molecule has 0 aromatic heterocycles. The summed E-state index contributed by atoms with van der Waals surface area (Å²) in [5.74, 6) is -0.250. The molecule has 2 aromatic rings. The molecule has 1 aliphatic rings. The van der Waals surface area contributed by atoms with Crippen molar-refractivity contribution in [3.05, 3.63) is 64.2 Å². The Labute approximate surface area is 155 Å². The number of halogens is 4. The molecule has 0 unspecified atom stereocenters. The molecular weight excluding hydrogens is 365 g/mol. The van der Waals surface area contributed by atoms with Gasteiger partial charge < -0.3 is 9.80 Å². The number of piperazine rings is 1. The van der Waals surface area contributed by atoms with E-state index in [1.54, 1.807) is 4.90 Å². The van der Waals surface area contributed by atoms with E-state index in [-0.39, 0.29) is 11.5 Å². The molecule has 0 aliphatic carbocycles. The average Bonchev–Trinajstić information content (AvgIpc) is 2.63. The molecule has 1 amide bonds. The Kier molecular flexibility index (Phi) is 5.14. The molecule has 0 radical (unpaired) electrons. The first-order valence-electron chi connectivity index (χ1n) is 8.23. The molecule has 7 heteroatoms. The molecule has 0 atom stereocenters. The van der Waals surface area contributed by atoms with Gasteiger partial charge in [-0.25, -0.2) is 0 Å². The van der Waals surface area contributed by atoms with Gasteiger partial charge in [-0.15, -0.1) is 0 Å². The van der Waals surface area contributed by atoms with Gasteiger partial charge in [0.05, 0.1) is 5.56 Å². The Morgan fingerprint density at radius 3 is 2.15 bits per heavy atom. The molecule has 1 heterocycles. The van der Waals surface area contributed by atoms with Crippen molar-refractivity contribution in [3.8, 4) is 0 Å². The highest BCUT2D eigenvalue weighted by Gasteiger charge is 2.30. The van der Waals surface area contributed by atoms with E-state index in [1.165, 1.54) is 12.1 Å². The number of anilines is 1. The van der Waals surface area contributed by atoms with Crippen LogP contribution < -0.4 is 4.90 Å². The molecule has 0 bridgehead atoms. The molecule has 2 aromatic carbocycles. The number of rotatable bonds is 2. The van der Waals surface area contributed by atoms with Gasteiger partial charge in [0, 0.05) is 42.5 Å². The second-order valence-corrected chi connectivity index (χ2v) is 6.70. The summed E-state index contributed by atoms with van der Waals surface area (Å²) in [5, 5.41) is 0.700. The van der Waals surface area contributed by atoms with Crippen LogP contribution in [0.2, 0.25) is 5.02 Å². The molecule has 1 saturated heterocycles. The normalized spacial score (nSPS) is 15.3. The lowest BCUT2D eigenvalue weighted by Crippen LogP contribution is -2.48. The number of benzene rings is 2. The number of nitrogens with zero attached hydrogens (tertiary/aromatic N) is 2. The van der Waals surface area contributed by atoms with Crippen LogP contribution in [0.15, 0.2) is 42.5 Å². The standard InChI is InChI=1S/C19H18ClF3N2O/c1-13-2-7-16(12-17(13)20)24-8-10-25(11-9-24)18(26)14-3-5-15(6-4-14)19(21,22)23/h2-7,12H,8-11H2,1H3. The van der Waals surface area contributed by atoms with Crippen LogP contribution in [0, 0.1) is 6.92 Å². The van der Waals surface area contributed by atoms with E-state index in [4.69, 9.17) is 11.6 Å². The van der Waals surface area contributed by atoms with Crippen molar-refractivity contribution in [1.29, 1.82) is 0 Å². The number of alkyl halides is 3. The van der Waals surface area contributed by atoms with E-state index in [1.807, 2.05) is 25.1 Å². The molecule has 3 rings (SSSR count). The fourth-order valence-corrected chi connectivity index (χ4v) is 3.11. The van der Waals surface area contributed by atoms with Crippen molar-refractivity contribution >= 4 is 23.2 Å². The SMILES string of the molecule is Cc1ccc(N2CCN(C(=O)c3ccc(C(F)(F)F)cc3)CC2)cc1Cl. The Bertz CT molecular complexity index is 797. The first-order valence-corrected chi connectivity index (χ1v) is 8.61. The summed E-state index contributed by atoms with van der Waals surface area (Å²) in [6.07, 6.45) is -4.40. The van der Waals surface area contributed by atoms with Gasteiger partial charge in [0.2, 0.25) is 0 Å². The minimum atomic E-state index is -4.40. The van der Waals surface area contributed by atoms with Crippen LogP contribution in [0.4, 0.5) is 18.9 Å². The van der Waals surface area contributed by atoms with Crippen LogP contribution in [0.1, 0.15) is 21.5 Å². The van der Waals surface area contributed by atoms with Gasteiger partial charge in [-0.05, 0) is 48.9 Å². The smallest absolute Gasteiger partial charge is 0.368 e. The lowest BCUT2D eigenvalue weighted by atomic mass is 10.1. The zero-order chi connectivity index (χ0) is 18.9. The summed E-state index contributed by atoms with van der Waals surface area (Å²) in [6, 6.07) is 10.2. The summed E-state index contributed by atoms with van der Waals surface area (Å²) in [5.41, 5.74) is 1.52. The molecule has 26 heavy (non-hydrogen) atoms. The Hall–Kier alpha value is -2.21. The zero-order valence-electron chi connectivity index (χ0n) is 14.2. The van der Waals surface area contributed by atoms with Gasteiger partial charge >= 0.3 is 6.18 Å². The molecule has 0 N–H and O–H groups in total. The first-order chi connectivity index (χ1) is 12.3. The highest BCUT2D eigenvalue weighted by atomic mass is 35.5. The number of aryl methyl sites for hydroxylation is 1. The molecule has 1 fully saturated rings. The fourth-order valence-electron chi connectivity index (χ4n) is 2.93. The van der Waals surface area contributed by atoms with E-state index in [0.717, 1.165) is 23.4 Å². The maximum Gasteiger partial charge on any atom is 0.416 e. The molecular formula is C19H18ClF3N2O. The van der Waals surface area contributed by atoms with Crippen molar-refractivity contribution in [1.82, 2.24) is 4.90 Å². The van der Waals surface area contributed by atoms with Gasteiger partial charge in [-0.3, -0.25) is 4.79 Å². The molecule has 1 aliphatic heterocycles. The molecule has 0 spiro atoms. The lowest BCUT2D eigenvalue weighted by Gasteiger charge is -2.36. The van der Waals surface area contributed by atoms with E-state index >= 15 is 0 Å². The third-order valence-electron chi connectivity index (χ3n) is 4.55. The summed E-state index contributed by atoms with van der Waals surface area (Å²) < 4.78 is 37.9. The summed E-state index contributed by atoms with van der Waals surface area (Å²) in [7, 11) is 0. The van der Waals surface area contributed by atoms with Gasteiger partial charge in [-0.2, -0.15) is 13.2 Å². The largest absolute Gasteiger partial charge is 0.416 e. The van der Waals surface area contributed by atoms with Crippen LogP contribution >= 0.6 is 11.6 Å². The second-order valence-electron chi connectivity index (χ2n) is 6.29. The summed E-state index contributed by atoms with van der Waals surface area (Å²) in [4.78, 5) is 16.3. The van der Waals surface area contributed by atoms with E-state index in [0.29, 0.717) is 31.2 Å². The highest BCUT2D eigenvalue weighted by molar-refractivity contribution is 6.31. The van der Waals surface area contributed by atoms with Gasteiger partial charge in [-0.1, -0.05) is 17.7 Å². The van der Waals surface area contributed by atoms with E-state index in [9.17, 15) is 18.0 Å². The zero-order valence-corrected chi connectivity index (χ0v) is 14.9. The second kappa shape index (κ2) is 7.19. The number of amides is 1. The van der Waals surface area contributed by atoms with E-state index < -0.39 is 11.7 Å². The number of hydrogen-bond acceptors (Lipinski definition) is 2. The topological polar surface area (TPSA) is 23.6 Å². The minimum Gasteiger partial charge on any atom is -0.368 e. The fraction of sp³-hybridized carbons (Fsp3) is 0.316. The number of hydrogen-bond donors (Lipinski definition) is 0. The number of carbonyl (C=O) groups is 1. The monoisotopic (exact) mass is 382 g/mol. The van der Waals surface area contributed by atoms with Crippen LogP contribution in [-0.4, -0.2) is 37.0 Å². The third kappa shape index (κ3) is 3.96. The maximum absolute atomic E-state index is 12.6. The van der Waals surface area contributed by atoms with Crippen LogP contribution in [0.25, 0.3) is 0 Å². The van der Waals surface area contributed by atoms with Crippen LogP contribution in [0.3, 0.4) is 0 Å². The first kappa shape index (κ1) is 18.6.